The van der Waals surface area contributed by atoms with Gasteiger partial charge in [-0.05, 0) is 54.5 Å². The van der Waals surface area contributed by atoms with Crippen LogP contribution < -0.4 is 4.74 Å². The van der Waals surface area contributed by atoms with Gasteiger partial charge in [0.1, 0.15) is 5.75 Å². The monoisotopic (exact) mass is 389 g/mol. The molecule has 1 aliphatic rings. The Kier molecular flexibility index (Phi) is 4.84. The lowest BCUT2D eigenvalue weighted by atomic mass is 9.92. The highest BCUT2D eigenvalue weighted by Crippen LogP contribution is 2.32. The number of aryl methyl sites for hydroxylation is 1. The Morgan fingerprint density at radius 3 is 2.29 bits per heavy atom. The summed E-state index contributed by atoms with van der Waals surface area (Å²) >= 11 is 1.62. The molecule has 3 aromatic rings. The largest absolute Gasteiger partial charge is 0.497 e. The summed E-state index contributed by atoms with van der Waals surface area (Å²) in [6.07, 6.45) is 1.88. The number of imide groups is 1. The smallest absolute Gasteiger partial charge is 0.261 e. The van der Waals surface area contributed by atoms with E-state index in [-0.39, 0.29) is 18.4 Å². The number of nitrogens with zero attached hydrogens (tertiary/aromatic N) is 1. The zero-order valence-electron chi connectivity index (χ0n) is 15.6. The number of fused-ring (bicyclic) bond motifs is 1. The predicted molar refractivity (Wildman–Crippen MR) is 111 cm³/mol. The minimum absolute atomic E-state index is 0.219. The van der Waals surface area contributed by atoms with E-state index >= 15 is 0 Å². The summed E-state index contributed by atoms with van der Waals surface area (Å²) < 4.78 is 5.18. The maximum atomic E-state index is 13.3. The Balaban J connectivity index is 1.75. The molecule has 28 heavy (non-hydrogen) atoms. The van der Waals surface area contributed by atoms with Gasteiger partial charge in [-0.15, -0.1) is 11.3 Å². The molecule has 1 aliphatic heterocycles. The number of methoxy groups -OCH3 is 1. The summed E-state index contributed by atoms with van der Waals surface area (Å²) in [7, 11) is 1.60. The quantitative estimate of drug-likeness (QED) is 0.476. The van der Waals surface area contributed by atoms with Gasteiger partial charge < -0.3 is 4.74 Å². The van der Waals surface area contributed by atoms with E-state index in [0.717, 1.165) is 16.2 Å². The van der Waals surface area contributed by atoms with Gasteiger partial charge >= 0.3 is 0 Å². The highest BCUT2D eigenvalue weighted by molar-refractivity contribution is 7.12. The standard InChI is InChI=1S/C23H19NO3S/c1-15-7-12-18(28-15)13-21-19-5-3-4-6-20(19)22(25)24(23(21)26)14-16-8-10-17(27-2)11-9-16/h3-13H,14H2,1-2H3/b21-13-. The average molecular weight is 389 g/mol. The fraction of sp³-hybridized carbons (Fsp3) is 0.130. The van der Waals surface area contributed by atoms with Crippen LogP contribution in [0, 0.1) is 6.92 Å². The van der Waals surface area contributed by atoms with Crippen molar-refractivity contribution >= 4 is 34.8 Å². The molecular weight excluding hydrogens is 370 g/mol. The highest BCUT2D eigenvalue weighted by Gasteiger charge is 2.34. The molecule has 0 bridgehead atoms. The van der Waals surface area contributed by atoms with Gasteiger partial charge in [-0.2, -0.15) is 0 Å². The van der Waals surface area contributed by atoms with Crippen LogP contribution in [0.3, 0.4) is 0 Å². The zero-order valence-corrected chi connectivity index (χ0v) is 16.5. The number of carbonyl (C=O) groups is 2. The summed E-state index contributed by atoms with van der Waals surface area (Å²) in [6, 6.07) is 18.7. The first kappa shape index (κ1) is 18.2. The van der Waals surface area contributed by atoms with Crippen molar-refractivity contribution in [1.82, 2.24) is 4.90 Å². The molecule has 0 atom stereocenters. The van der Waals surface area contributed by atoms with E-state index in [1.165, 1.54) is 9.78 Å². The number of ether oxygens (including phenoxy) is 1. The van der Waals surface area contributed by atoms with Crippen LogP contribution in [0.2, 0.25) is 0 Å². The summed E-state index contributed by atoms with van der Waals surface area (Å²) in [5, 5.41) is 0. The van der Waals surface area contributed by atoms with E-state index < -0.39 is 0 Å². The topological polar surface area (TPSA) is 46.6 Å². The van der Waals surface area contributed by atoms with Gasteiger partial charge in [-0.1, -0.05) is 30.3 Å². The Morgan fingerprint density at radius 1 is 0.929 bits per heavy atom. The third kappa shape index (κ3) is 3.37. The molecule has 2 heterocycles. The van der Waals surface area contributed by atoms with Crippen molar-refractivity contribution in [2.24, 2.45) is 0 Å². The molecule has 2 aromatic carbocycles. The SMILES string of the molecule is COc1ccc(CN2C(=O)/C(=C\c3ccc(C)s3)c3ccccc3C2=O)cc1. The van der Waals surface area contributed by atoms with Crippen molar-refractivity contribution in [1.29, 1.82) is 0 Å². The van der Waals surface area contributed by atoms with Crippen LogP contribution in [-0.2, 0) is 11.3 Å². The van der Waals surface area contributed by atoms with Gasteiger partial charge in [0.25, 0.3) is 11.8 Å². The van der Waals surface area contributed by atoms with E-state index in [1.807, 2.05) is 67.6 Å². The lowest BCUT2D eigenvalue weighted by Gasteiger charge is -2.28. The first-order valence-corrected chi connectivity index (χ1v) is 9.75. The molecule has 0 saturated heterocycles. The Hall–Kier alpha value is -3.18. The van der Waals surface area contributed by atoms with Crippen LogP contribution in [0.5, 0.6) is 5.75 Å². The van der Waals surface area contributed by atoms with Gasteiger partial charge in [0.2, 0.25) is 0 Å². The van der Waals surface area contributed by atoms with Gasteiger partial charge in [0.05, 0.1) is 13.7 Å². The Morgan fingerprint density at radius 2 is 1.64 bits per heavy atom. The number of hydrogen-bond donors (Lipinski definition) is 0. The van der Waals surface area contributed by atoms with Crippen molar-refractivity contribution in [3.8, 4) is 5.75 Å². The molecule has 4 nitrogen and oxygen atoms in total. The van der Waals surface area contributed by atoms with Crippen molar-refractivity contribution in [3.63, 3.8) is 0 Å². The Bertz CT molecular complexity index is 1080. The molecular formula is C23H19NO3S. The molecule has 140 valence electrons. The maximum absolute atomic E-state index is 13.3. The first-order chi connectivity index (χ1) is 13.6. The van der Waals surface area contributed by atoms with Gasteiger partial charge in [-0.25, -0.2) is 0 Å². The summed E-state index contributed by atoms with van der Waals surface area (Å²) in [5.41, 5.74) is 2.66. The van der Waals surface area contributed by atoms with Crippen LogP contribution in [0.4, 0.5) is 0 Å². The van der Waals surface area contributed by atoms with Gasteiger partial charge in [0.15, 0.2) is 0 Å². The number of carbonyl (C=O) groups excluding carboxylic acids is 2. The van der Waals surface area contributed by atoms with E-state index in [1.54, 1.807) is 24.5 Å². The predicted octanol–water partition coefficient (Wildman–Crippen LogP) is 4.79. The molecule has 0 N–H and O–H groups in total. The minimum Gasteiger partial charge on any atom is -0.497 e. The van der Waals surface area contributed by atoms with E-state index in [9.17, 15) is 9.59 Å². The molecule has 0 aliphatic carbocycles. The molecule has 0 saturated carbocycles. The lowest BCUT2D eigenvalue weighted by molar-refractivity contribution is -0.123. The molecule has 4 rings (SSSR count). The minimum atomic E-state index is -0.273. The van der Waals surface area contributed by atoms with Gasteiger partial charge in [-0.3, -0.25) is 14.5 Å². The second kappa shape index (κ2) is 7.44. The maximum Gasteiger partial charge on any atom is 0.261 e. The zero-order chi connectivity index (χ0) is 19.7. The van der Waals surface area contributed by atoms with E-state index in [4.69, 9.17) is 4.74 Å². The van der Waals surface area contributed by atoms with Crippen LogP contribution in [0.1, 0.15) is 31.2 Å². The van der Waals surface area contributed by atoms with Gasteiger partial charge in [0, 0.05) is 20.9 Å². The van der Waals surface area contributed by atoms with Crippen LogP contribution in [0.15, 0.2) is 60.7 Å². The highest BCUT2D eigenvalue weighted by atomic mass is 32.1. The average Bonchev–Trinajstić information content (AvgIpc) is 3.14. The third-order valence-electron chi connectivity index (χ3n) is 4.72. The fourth-order valence-electron chi connectivity index (χ4n) is 3.27. The van der Waals surface area contributed by atoms with Crippen molar-refractivity contribution in [3.05, 3.63) is 87.1 Å². The van der Waals surface area contributed by atoms with E-state index in [0.29, 0.717) is 16.7 Å². The number of benzene rings is 2. The van der Waals surface area contributed by atoms with Crippen molar-refractivity contribution < 1.29 is 14.3 Å². The molecule has 0 radical (unpaired) electrons. The molecule has 5 heteroatoms. The van der Waals surface area contributed by atoms with Crippen molar-refractivity contribution in [2.45, 2.75) is 13.5 Å². The summed E-state index contributed by atoms with van der Waals surface area (Å²) in [4.78, 5) is 29.8. The van der Waals surface area contributed by atoms with Crippen LogP contribution in [-0.4, -0.2) is 23.8 Å². The number of thiophene rings is 1. The normalized spacial score (nSPS) is 15.1. The summed E-state index contributed by atoms with van der Waals surface area (Å²) in [6.45, 7) is 2.25. The number of rotatable bonds is 4. The molecule has 0 unspecified atom stereocenters. The first-order valence-electron chi connectivity index (χ1n) is 8.93. The number of hydrogen-bond acceptors (Lipinski definition) is 4. The summed E-state index contributed by atoms with van der Waals surface area (Å²) in [5.74, 6) is 0.195. The molecule has 0 fully saturated rings. The van der Waals surface area contributed by atoms with E-state index in [2.05, 4.69) is 0 Å². The lowest BCUT2D eigenvalue weighted by Crippen LogP contribution is -2.41. The fourth-order valence-corrected chi connectivity index (χ4v) is 4.09. The van der Waals surface area contributed by atoms with Crippen LogP contribution >= 0.6 is 11.3 Å². The second-order valence-electron chi connectivity index (χ2n) is 6.60. The Labute approximate surface area is 167 Å². The third-order valence-corrected chi connectivity index (χ3v) is 5.66. The second-order valence-corrected chi connectivity index (χ2v) is 7.92. The molecule has 1 aromatic heterocycles. The molecule has 2 amide bonds. The van der Waals surface area contributed by atoms with Crippen LogP contribution in [0.25, 0.3) is 11.6 Å². The molecule has 0 spiro atoms. The number of amides is 2. The van der Waals surface area contributed by atoms with Crippen molar-refractivity contribution in [2.75, 3.05) is 7.11 Å².